The van der Waals surface area contributed by atoms with Gasteiger partial charge in [0.2, 0.25) is 10.0 Å². The van der Waals surface area contributed by atoms with E-state index in [2.05, 4.69) is 31.9 Å². The molecule has 1 aromatic rings. The molecule has 1 aliphatic rings. The molecule has 0 bridgehead atoms. The Morgan fingerprint density at radius 3 is 2.68 bits per heavy atom. The van der Waals surface area contributed by atoms with Gasteiger partial charge in [0.25, 0.3) is 0 Å². The van der Waals surface area contributed by atoms with Gasteiger partial charge in [-0.15, -0.1) is 0 Å². The van der Waals surface area contributed by atoms with Crippen LogP contribution in [0, 0.1) is 0 Å². The SMILES string of the molecule is CC1CCCCCN1S(=O)(=O)c1cc(Br)ccc1Br. The molecule has 0 aliphatic carbocycles. The standard InChI is InChI=1S/C13H17Br2NO2S/c1-10-5-3-2-4-8-16(10)19(17,18)13-9-11(14)6-7-12(13)15/h6-7,9-10H,2-5,8H2,1H3. The van der Waals surface area contributed by atoms with Crippen LogP contribution in [-0.4, -0.2) is 25.3 Å². The second-order valence-electron chi connectivity index (χ2n) is 4.89. The minimum Gasteiger partial charge on any atom is -0.207 e. The van der Waals surface area contributed by atoms with Crippen LogP contribution in [0.1, 0.15) is 32.6 Å². The van der Waals surface area contributed by atoms with Crippen molar-refractivity contribution in [1.82, 2.24) is 4.31 Å². The molecule has 106 valence electrons. The van der Waals surface area contributed by atoms with Crippen molar-refractivity contribution in [3.8, 4) is 0 Å². The molecular weight excluding hydrogens is 394 g/mol. The van der Waals surface area contributed by atoms with E-state index in [9.17, 15) is 8.42 Å². The van der Waals surface area contributed by atoms with Crippen LogP contribution in [0.3, 0.4) is 0 Å². The highest BCUT2D eigenvalue weighted by atomic mass is 79.9. The van der Waals surface area contributed by atoms with Crippen molar-refractivity contribution in [2.75, 3.05) is 6.54 Å². The van der Waals surface area contributed by atoms with Gasteiger partial charge in [-0.2, -0.15) is 4.31 Å². The maximum Gasteiger partial charge on any atom is 0.244 e. The number of benzene rings is 1. The minimum atomic E-state index is -3.43. The topological polar surface area (TPSA) is 37.4 Å². The summed E-state index contributed by atoms with van der Waals surface area (Å²) in [5.74, 6) is 0. The summed E-state index contributed by atoms with van der Waals surface area (Å²) < 4.78 is 28.6. The summed E-state index contributed by atoms with van der Waals surface area (Å²) in [7, 11) is -3.43. The van der Waals surface area contributed by atoms with Crippen LogP contribution in [0.4, 0.5) is 0 Å². The zero-order valence-corrected chi connectivity index (χ0v) is 14.8. The lowest BCUT2D eigenvalue weighted by molar-refractivity contribution is 0.342. The number of halogens is 2. The van der Waals surface area contributed by atoms with Crippen LogP contribution in [0.15, 0.2) is 32.0 Å². The molecule has 1 saturated heterocycles. The molecule has 0 aromatic heterocycles. The summed E-state index contributed by atoms with van der Waals surface area (Å²) in [6, 6.07) is 5.32. The molecule has 2 rings (SSSR count). The Hall–Kier alpha value is 0.0900. The molecule has 0 radical (unpaired) electrons. The molecule has 0 N–H and O–H groups in total. The normalized spacial score (nSPS) is 22.2. The lowest BCUT2D eigenvalue weighted by Gasteiger charge is -2.26. The fourth-order valence-electron chi connectivity index (χ4n) is 2.41. The van der Waals surface area contributed by atoms with Gasteiger partial charge in [-0.05, 0) is 53.9 Å². The third-order valence-electron chi connectivity index (χ3n) is 3.47. The van der Waals surface area contributed by atoms with E-state index < -0.39 is 10.0 Å². The molecule has 3 nitrogen and oxygen atoms in total. The number of hydrogen-bond donors (Lipinski definition) is 0. The first-order valence-electron chi connectivity index (χ1n) is 6.40. The third-order valence-corrected chi connectivity index (χ3v) is 6.97. The highest BCUT2D eigenvalue weighted by Crippen LogP contribution is 2.31. The summed E-state index contributed by atoms with van der Waals surface area (Å²) in [5.41, 5.74) is 0. The smallest absolute Gasteiger partial charge is 0.207 e. The lowest BCUT2D eigenvalue weighted by atomic mass is 10.1. The van der Waals surface area contributed by atoms with Crippen molar-refractivity contribution in [1.29, 1.82) is 0 Å². The monoisotopic (exact) mass is 409 g/mol. The van der Waals surface area contributed by atoms with Crippen molar-refractivity contribution in [3.05, 3.63) is 27.1 Å². The van der Waals surface area contributed by atoms with Crippen LogP contribution in [0.5, 0.6) is 0 Å². The highest BCUT2D eigenvalue weighted by Gasteiger charge is 2.31. The summed E-state index contributed by atoms with van der Waals surface area (Å²) >= 11 is 6.69. The molecule has 0 amide bonds. The van der Waals surface area contributed by atoms with Gasteiger partial charge in [-0.3, -0.25) is 0 Å². The summed E-state index contributed by atoms with van der Waals surface area (Å²) in [4.78, 5) is 0.343. The summed E-state index contributed by atoms with van der Waals surface area (Å²) in [6.07, 6.45) is 4.09. The van der Waals surface area contributed by atoms with Gasteiger partial charge in [-0.25, -0.2) is 8.42 Å². The van der Waals surface area contributed by atoms with Crippen LogP contribution in [0.2, 0.25) is 0 Å². The van der Waals surface area contributed by atoms with Gasteiger partial charge in [0, 0.05) is 21.5 Å². The quantitative estimate of drug-likeness (QED) is 0.733. The number of nitrogens with zero attached hydrogens (tertiary/aromatic N) is 1. The third kappa shape index (κ3) is 3.40. The molecule has 0 saturated carbocycles. The second-order valence-corrected chi connectivity index (χ2v) is 8.52. The molecular formula is C13H17Br2NO2S. The van der Waals surface area contributed by atoms with Crippen molar-refractivity contribution in [3.63, 3.8) is 0 Å². The molecule has 1 heterocycles. The second kappa shape index (κ2) is 6.24. The van der Waals surface area contributed by atoms with Crippen LogP contribution in [0.25, 0.3) is 0 Å². The van der Waals surface area contributed by atoms with Crippen molar-refractivity contribution < 1.29 is 8.42 Å². The highest BCUT2D eigenvalue weighted by molar-refractivity contribution is 9.11. The Morgan fingerprint density at radius 1 is 1.21 bits per heavy atom. The number of rotatable bonds is 2. The van der Waals surface area contributed by atoms with Gasteiger partial charge in [0.15, 0.2) is 0 Å². The van der Waals surface area contributed by atoms with E-state index in [1.807, 2.05) is 13.0 Å². The first kappa shape index (κ1) is 15.5. The minimum absolute atomic E-state index is 0.0679. The zero-order valence-electron chi connectivity index (χ0n) is 10.8. The zero-order chi connectivity index (χ0) is 14.0. The molecule has 1 fully saturated rings. The van der Waals surface area contributed by atoms with E-state index in [-0.39, 0.29) is 6.04 Å². The van der Waals surface area contributed by atoms with Gasteiger partial charge in [-0.1, -0.05) is 28.8 Å². The summed E-state index contributed by atoms with van der Waals surface area (Å²) in [5, 5.41) is 0. The lowest BCUT2D eigenvalue weighted by Crippen LogP contribution is -2.38. The van der Waals surface area contributed by atoms with Gasteiger partial charge < -0.3 is 0 Å². The van der Waals surface area contributed by atoms with Gasteiger partial charge in [0.1, 0.15) is 0 Å². The predicted octanol–water partition coefficient (Wildman–Crippen LogP) is 4.16. The average Bonchev–Trinajstić information content (AvgIpc) is 2.57. The van der Waals surface area contributed by atoms with Crippen LogP contribution < -0.4 is 0 Å². The average molecular weight is 411 g/mol. The molecule has 0 spiro atoms. The molecule has 19 heavy (non-hydrogen) atoms. The largest absolute Gasteiger partial charge is 0.244 e. The Morgan fingerprint density at radius 2 is 1.95 bits per heavy atom. The molecule has 1 atom stereocenters. The maximum atomic E-state index is 12.8. The number of sulfonamides is 1. The Bertz CT molecular complexity index is 560. The molecule has 6 heteroatoms. The predicted molar refractivity (Wildman–Crippen MR) is 83.7 cm³/mol. The number of hydrogen-bond acceptors (Lipinski definition) is 2. The van der Waals surface area contributed by atoms with Gasteiger partial charge >= 0.3 is 0 Å². The van der Waals surface area contributed by atoms with E-state index >= 15 is 0 Å². The molecule has 1 aliphatic heterocycles. The van der Waals surface area contributed by atoms with Crippen molar-refractivity contribution in [2.24, 2.45) is 0 Å². The van der Waals surface area contributed by atoms with Crippen LogP contribution in [-0.2, 0) is 10.0 Å². The maximum absolute atomic E-state index is 12.8. The summed E-state index contributed by atoms with van der Waals surface area (Å²) in [6.45, 7) is 2.61. The van der Waals surface area contributed by atoms with Crippen LogP contribution >= 0.6 is 31.9 Å². The molecule has 1 unspecified atom stereocenters. The first-order valence-corrected chi connectivity index (χ1v) is 9.42. The van der Waals surface area contributed by atoms with Gasteiger partial charge in [0.05, 0.1) is 4.90 Å². The first-order chi connectivity index (χ1) is 8.93. The Kier molecular flexibility index (Phi) is 5.09. The van der Waals surface area contributed by atoms with E-state index in [4.69, 9.17) is 0 Å². The van der Waals surface area contributed by atoms with E-state index in [1.165, 1.54) is 0 Å². The fraction of sp³-hybridized carbons (Fsp3) is 0.538. The van der Waals surface area contributed by atoms with Crippen molar-refractivity contribution >= 4 is 41.9 Å². The van der Waals surface area contributed by atoms with Crippen molar-refractivity contribution in [2.45, 2.75) is 43.5 Å². The van der Waals surface area contributed by atoms with E-state index in [0.29, 0.717) is 15.9 Å². The molecule has 1 aromatic carbocycles. The van der Waals surface area contributed by atoms with E-state index in [0.717, 1.165) is 30.2 Å². The Labute approximate surface area is 131 Å². The van der Waals surface area contributed by atoms with E-state index in [1.54, 1.807) is 16.4 Å². The Balaban J connectivity index is 2.43. The fourth-order valence-corrected chi connectivity index (χ4v) is 5.57.